The highest BCUT2D eigenvalue weighted by atomic mass is 16.6. The Morgan fingerprint density at radius 2 is 0.822 bits per heavy atom. The van der Waals surface area contributed by atoms with Gasteiger partial charge in [0.05, 0.1) is 6.61 Å². The van der Waals surface area contributed by atoms with E-state index < -0.39 is 6.29 Å². The maximum absolute atomic E-state index is 9.78. The van der Waals surface area contributed by atoms with Gasteiger partial charge in [0.2, 0.25) is 0 Å². The van der Waals surface area contributed by atoms with E-state index in [9.17, 15) is 5.11 Å². The molecule has 0 saturated heterocycles. The first-order valence-electron chi connectivity index (χ1n) is 20.0. The second-order valence-corrected chi connectivity index (χ2v) is 13.4. The fourth-order valence-corrected chi connectivity index (χ4v) is 5.31. The van der Waals surface area contributed by atoms with E-state index in [0.717, 1.165) is 32.2 Å². The Labute approximate surface area is 284 Å². The Hall–Kier alpha value is -0.900. The predicted molar refractivity (Wildman–Crippen MR) is 204 cm³/mol. The van der Waals surface area contributed by atoms with Crippen LogP contribution in [0.5, 0.6) is 0 Å². The molecule has 268 valence electrons. The number of nitrogens with zero attached hydrogens (tertiary/aromatic N) is 1. The molecule has 0 spiro atoms. The second kappa shape index (κ2) is 43.1. The zero-order valence-electron chi connectivity index (χ0n) is 31.6. The fraction of sp³-hybridized carbons (Fsp3) is 0.857. The molecule has 0 aliphatic carbocycles. The summed E-state index contributed by atoms with van der Waals surface area (Å²) in [6.45, 7) is 8.48. The third-order valence-corrected chi connectivity index (χ3v) is 8.33. The molecule has 0 fully saturated rings. The first-order valence-corrected chi connectivity index (χ1v) is 20.0. The zero-order chi connectivity index (χ0) is 33.3. The first-order chi connectivity index (χ1) is 22.1. The van der Waals surface area contributed by atoms with E-state index in [4.69, 9.17) is 4.74 Å². The molecule has 0 aliphatic heterocycles. The smallest absolute Gasteiger partial charge is 0.154 e. The molecule has 0 saturated carbocycles. The summed E-state index contributed by atoms with van der Waals surface area (Å²) in [4.78, 5) is 2.14. The fourth-order valence-electron chi connectivity index (χ4n) is 5.31. The topological polar surface area (TPSA) is 32.7 Å². The summed E-state index contributed by atoms with van der Waals surface area (Å²) < 4.78 is 5.43. The van der Waals surface area contributed by atoms with E-state index in [2.05, 4.69) is 76.2 Å². The van der Waals surface area contributed by atoms with Gasteiger partial charge >= 0.3 is 0 Å². The number of rotatable bonds is 34. The predicted octanol–water partition coefficient (Wildman–Crippen LogP) is 13.5. The number of aliphatic hydroxyl groups is 1. The molecule has 0 aliphatic rings. The molecule has 0 amide bonds. The van der Waals surface area contributed by atoms with Crippen LogP contribution >= 0.6 is 0 Å². The third-order valence-electron chi connectivity index (χ3n) is 8.33. The molecule has 0 aromatic rings. The molecule has 0 aromatic carbocycles. The molecule has 0 heterocycles. The number of hydrogen-bond donors (Lipinski definition) is 1. The van der Waals surface area contributed by atoms with Crippen molar-refractivity contribution in [3.8, 4) is 0 Å². The van der Waals surface area contributed by atoms with Gasteiger partial charge in [-0.2, -0.15) is 0 Å². The molecule has 0 aromatic heterocycles. The van der Waals surface area contributed by atoms with Crippen molar-refractivity contribution in [1.29, 1.82) is 0 Å². The molecule has 0 radical (unpaired) electrons. The van der Waals surface area contributed by atoms with Gasteiger partial charge in [0.1, 0.15) is 0 Å². The zero-order valence-corrected chi connectivity index (χ0v) is 31.6. The molecule has 3 nitrogen and oxygen atoms in total. The normalized spacial score (nSPS) is 12.6. The Balaban J connectivity index is 0. The minimum atomic E-state index is -0.571. The van der Waals surface area contributed by atoms with Crippen molar-refractivity contribution in [2.24, 2.45) is 0 Å². The lowest BCUT2D eigenvalue weighted by Crippen LogP contribution is -2.18. The van der Waals surface area contributed by atoms with Crippen LogP contribution in [0, 0.1) is 0 Å². The van der Waals surface area contributed by atoms with Crippen molar-refractivity contribution >= 4 is 0 Å². The van der Waals surface area contributed by atoms with Crippen molar-refractivity contribution in [3.63, 3.8) is 0 Å². The number of allylic oxidation sites excluding steroid dienone is 6. The molecule has 1 N–H and O–H groups in total. The minimum Gasteiger partial charge on any atom is -0.368 e. The lowest BCUT2D eigenvalue weighted by atomic mass is 10.1. The summed E-state index contributed by atoms with van der Waals surface area (Å²) in [5, 5.41) is 9.78. The van der Waals surface area contributed by atoms with Gasteiger partial charge in [-0.1, -0.05) is 160 Å². The lowest BCUT2D eigenvalue weighted by molar-refractivity contribution is -0.105. The summed E-state index contributed by atoms with van der Waals surface area (Å²) in [6.07, 6.45) is 49.9. The van der Waals surface area contributed by atoms with Gasteiger partial charge in [-0.05, 0) is 97.7 Å². The molecule has 3 heteroatoms. The van der Waals surface area contributed by atoms with Crippen LogP contribution < -0.4 is 0 Å². The van der Waals surface area contributed by atoms with Crippen LogP contribution in [0.4, 0.5) is 0 Å². The van der Waals surface area contributed by atoms with Crippen LogP contribution in [0.3, 0.4) is 0 Å². The molecule has 45 heavy (non-hydrogen) atoms. The van der Waals surface area contributed by atoms with Crippen LogP contribution in [0.25, 0.3) is 0 Å². The van der Waals surface area contributed by atoms with E-state index >= 15 is 0 Å². The SMILES string of the molecule is CCCCC/C=C\C/C=C\CCCCCCCCC(O)OCCCN(C)C.CCCCCCCC/C=C\CCCCCCCC. The highest BCUT2D eigenvalue weighted by Gasteiger charge is 2.03. The Kier molecular flexibility index (Phi) is 44.3. The number of hydrogen-bond acceptors (Lipinski definition) is 3. The summed E-state index contributed by atoms with van der Waals surface area (Å²) in [7, 11) is 4.11. The molecule has 1 unspecified atom stereocenters. The Morgan fingerprint density at radius 1 is 0.467 bits per heavy atom. The van der Waals surface area contributed by atoms with E-state index in [1.54, 1.807) is 0 Å². The van der Waals surface area contributed by atoms with Crippen LogP contribution in [0.15, 0.2) is 36.5 Å². The van der Waals surface area contributed by atoms with Crippen molar-refractivity contribution in [2.45, 2.75) is 207 Å². The highest BCUT2D eigenvalue weighted by molar-refractivity contribution is 4.92. The van der Waals surface area contributed by atoms with Gasteiger partial charge in [-0.15, -0.1) is 0 Å². The highest BCUT2D eigenvalue weighted by Crippen LogP contribution is 2.12. The van der Waals surface area contributed by atoms with Gasteiger partial charge in [-0.3, -0.25) is 0 Å². The average molecular weight is 634 g/mol. The monoisotopic (exact) mass is 634 g/mol. The van der Waals surface area contributed by atoms with Gasteiger partial charge < -0.3 is 14.7 Å². The van der Waals surface area contributed by atoms with Crippen molar-refractivity contribution in [2.75, 3.05) is 27.2 Å². The van der Waals surface area contributed by atoms with Crippen LogP contribution in [-0.4, -0.2) is 43.5 Å². The summed E-state index contributed by atoms with van der Waals surface area (Å²) in [6, 6.07) is 0. The molecule has 0 rings (SSSR count). The number of ether oxygens (including phenoxy) is 1. The van der Waals surface area contributed by atoms with E-state index in [1.807, 2.05) is 0 Å². The van der Waals surface area contributed by atoms with Gasteiger partial charge in [0, 0.05) is 0 Å². The van der Waals surface area contributed by atoms with E-state index in [1.165, 1.54) is 154 Å². The maximum Gasteiger partial charge on any atom is 0.154 e. The number of unbranched alkanes of at least 4 members (excludes halogenated alkanes) is 21. The first kappa shape index (κ1) is 46.2. The average Bonchev–Trinajstić information content (AvgIpc) is 3.03. The second-order valence-electron chi connectivity index (χ2n) is 13.4. The van der Waals surface area contributed by atoms with Crippen molar-refractivity contribution in [1.82, 2.24) is 4.90 Å². The van der Waals surface area contributed by atoms with Crippen LogP contribution in [-0.2, 0) is 4.74 Å². The Morgan fingerprint density at radius 3 is 1.27 bits per heavy atom. The summed E-state index contributed by atoms with van der Waals surface area (Å²) in [5.41, 5.74) is 0. The van der Waals surface area contributed by atoms with Crippen LogP contribution in [0.1, 0.15) is 201 Å². The molecular weight excluding hydrogens is 550 g/mol. The quantitative estimate of drug-likeness (QED) is 0.0435. The molecular formula is C42H83NO2. The van der Waals surface area contributed by atoms with Crippen molar-refractivity contribution < 1.29 is 9.84 Å². The lowest BCUT2D eigenvalue weighted by Gasteiger charge is -2.13. The Bertz CT molecular complexity index is 580. The standard InChI is InChI=1S/C24H47NO2.C18H36/c1-4-5-6-7-8-9-10-11-12-13-14-15-16-17-18-19-21-24(26)27-23-20-22-25(2)3;1-3-5-7-9-11-13-15-17-18-16-14-12-10-8-6-4-2/h8-9,11-12,24,26H,4-7,10,13-23H2,1-3H3;17-18H,3-16H2,1-2H3/b9-8-,12-11-;18-17-. The van der Waals surface area contributed by atoms with Gasteiger partial charge in [-0.25, -0.2) is 0 Å². The molecule has 1 atom stereocenters. The van der Waals surface area contributed by atoms with Gasteiger partial charge in [0.25, 0.3) is 0 Å². The van der Waals surface area contributed by atoms with Crippen molar-refractivity contribution in [3.05, 3.63) is 36.5 Å². The molecule has 0 bridgehead atoms. The maximum atomic E-state index is 9.78. The largest absolute Gasteiger partial charge is 0.368 e. The number of aliphatic hydroxyl groups excluding tert-OH is 1. The summed E-state index contributed by atoms with van der Waals surface area (Å²) >= 11 is 0. The van der Waals surface area contributed by atoms with Gasteiger partial charge in [0.15, 0.2) is 6.29 Å². The third kappa shape index (κ3) is 47.6. The summed E-state index contributed by atoms with van der Waals surface area (Å²) in [5.74, 6) is 0. The minimum absolute atomic E-state index is 0.571. The van der Waals surface area contributed by atoms with Crippen LogP contribution in [0.2, 0.25) is 0 Å². The van der Waals surface area contributed by atoms with E-state index in [-0.39, 0.29) is 0 Å². The van der Waals surface area contributed by atoms with E-state index in [0.29, 0.717) is 6.61 Å².